The predicted molar refractivity (Wildman–Crippen MR) is 126 cm³/mol. The topological polar surface area (TPSA) is 106 Å². The van der Waals surface area contributed by atoms with Gasteiger partial charge < -0.3 is 16.4 Å². The van der Waals surface area contributed by atoms with Gasteiger partial charge in [0.05, 0.1) is 17.9 Å². The van der Waals surface area contributed by atoms with E-state index in [9.17, 15) is 0 Å². The second kappa shape index (κ2) is 8.92. The lowest BCUT2D eigenvalue weighted by Gasteiger charge is -2.27. The number of fused-ring (bicyclic) bond motifs is 1. The molecule has 1 aromatic carbocycles. The molecule has 3 aromatic heterocycles. The van der Waals surface area contributed by atoms with Gasteiger partial charge in [-0.05, 0) is 50.3 Å². The van der Waals surface area contributed by atoms with E-state index in [1.54, 1.807) is 12.4 Å². The molecular weight excluding hydrogens is 400 g/mol. The van der Waals surface area contributed by atoms with E-state index in [1.165, 1.54) is 5.56 Å². The van der Waals surface area contributed by atoms with E-state index in [1.807, 2.05) is 41.0 Å². The number of nitrogens with zero attached hydrogens (tertiary/aromatic N) is 5. The quantitative estimate of drug-likeness (QED) is 0.425. The number of benzene rings is 1. The van der Waals surface area contributed by atoms with E-state index in [0.717, 1.165) is 48.4 Å². The van der Waals surface area contributed by atoms with Crippen LogP contribution in [0.4, 0.5) is 11.8 Å². The maximum atomic E-state index is 6.03. The van der Waals surface area contributed by atoms with Gasteiger partial charge >= 0.3 is 0 Å². The fourth-order valence-electron chi connectivity index (χ4n) is 4.17. The third-order valence-electron chi connectivity index (χ3n) is 6.08. The molecule has 0 amide bonds. The summed E-state index contributed by atoms with van der Waals surface area (Å²) in [6.07, 6.45) is 9.67. The average molecular weight is 429 g/mol. The standard InChI is InChI=1S/C24H28N8/c1-16(17-5-3-2-4-6-17)29-24-27-13-18(14-28-24)21-15-26-23-12-11-22(31-32(21)23)30-20-9-7-19(25)8-10-20/h2-6,11-16,19-20H,7-10,25H2,1H3,(H,30,31)(H,27,28,29)/t16-,19-,20-/m1/s1. The van der Waals surface area contributed by atoms with Crippen molar-refractivity contribution in [1.29, 1.82) is 0 Å². The molecule has 1 atom stereocenters. The van der Waals surface area contributed by atoms with E-state index in [0.29, 0.717) is 18.0 Å². The third kappa shape index (κ3) is 4.40. The van der Waals surface area contributed by atoms with E-state index >= 15 is 0 Å². The highest BCUT2D eigenvalue weighted by Gasteiger charge is 2.19. The maximum absolute atomic E-state index is 6.03. The second-order valence-electron chi connectivity index (χ2n) is 8.46. The summed E-state index contributed by atoms with van der Waals surface area (Å²) in [7, 11) is 0. The van der Waals surface area contributed by atoms with E-state index in [2.05, 4.69) is 44.6 Å². The highest BCUT2D eigenvalue weighted by molar-refractivity contribution is 5.62. The van der Waals surface area contributed by atoms with Crippen molar-refractivity contribution >= 4 is 17.4 Å². The number of nitrogens with two attached hydrogens (primary N) is 1. The van der Waals surface area contributed by atoms with Crippen LogP contribution in [0, 0.1) is 0 Å². The number of imidazole rings is 1. The summed E-state index contributed by atoms with van der Waals surface area (Å²) >= 11 is 0. The monoisotopic (exact) mass is 428 g/mol. The Morgan fingerprint density at radius 2 is 1.69 bits per heavy atom. The SMILES string of the molecule is C[C@@H](Nc1ncc(-c2cnc3ccc(N[C@H]4CC[C@H](N)CC4)nn23)cn1)c1ccccc1. The first kappa shape index (κ1) is 20.4. The fourth-order valence-corrected chi connectivity index (χ4v) is 4.17. The molecule has 1 fully saturated rings. The molecule has 3 heterocycles. The van der Waals surface area contributed by atoms with Crippen LogP contribution in [0.15, 0.2) is 61.1 Å². The van der Waals surface area contributed by atoms with Crippen molar-refractivity contribution in [2.75, 3.05) is 10.6 Å². The first-order chi connectivity index (χ1) is 15.7. The van der Waals surface area contributed by atoms with Crippen molar-refractivity contribution in [3.63, 3.8) is 0 Å². The van der Waals surface area contributed by atoms with E-state index in [4.69, 9.17) is 10.8 Å². The molecule has 8 nitrogen and oxygen atoms in total. The number of anilines is 2. The van der Waals surface area contributed by atoms with Crippen molar-refractivity contribution in [3.8, 4) is 11.3 Å². The highest BCUT2D eigenvalue weighted by atomic mass is 15.3. The van der Waals surface area contributed by atoms with Gasteiger partial charge in [-0.3, -0.25) is 0 Å². The number of nitrogens with one attached hydrogen (secondary N) is 2. The number of aromatic nitrogens is 5. The van der Waals surface area contributed by atoms with E-state index < -0.39 is 0 Å². The first-order valence-electron chi connectivity index (χ1n) is 11.2. The maximum Gasteiger partial charge on any atom is 0.223 e. The Morgan fingerprint density at radius 1 is 0.938 bits per heavy atom. The van der Waals surface area contributed by atoms with Gasteiger partial charge in [-0.2, -0.15) is 0 Å². The fraction of sp³-hybridized carbons (Fsp3) is 0.333. The zero-order valence-electron chi connectivity index (χ0n) is 18.1. The average Bonchev–Trinajstić information content (AvgIpc) is 3.25. The number of rotatable bonds is 6. The Labute approximate surface area is 187 Å². The molecule has 1 aliphatic carbocycles. The smallest absolute Gasteiger partial charge is 0.223 e. The predicted octanol–water partition coefficient (Wildman–Crippen LogP) is 4.04. The van der Waals surface area contributed by atoms with Gasteiger partial charge in [-0.15, -0.1) is 5.10 Å². The Balaban J connectivity index is 1.32. The van der Waals surface area contributed by atoms with Crippen LogP contribution < -0.4 is 16.4 Å². The first-order valence-corrected chi connectivity index (χ1v) is 11.2. The Hall–Kier alpha value is -3.52. The van der Waals surface area contributed by atoms with Crippen LogP contribution in [-0.2, 0) is 0 Å². The van der Waals surface area contributed by atoms with E-state index in [-0.39, 0.29) is 6.04 Å². The summed E-state index contributed by atoms with van der Waals surface area (Å²) < 4.78 is 1.84. The van der Waals surface area contributed by atoms with Crippen LogP contribution in [0.1, 0.15) is 44.2 Å². The zero-order chi connectivity index (χ0) is 21.9. The largest absolute Gasteiger partial charge is 0.366 e. The van der Waals surface area contributed by atoms with Crippen LogP contribution in [0.3, 0.4) is 0 Å². The zero-order valence-corrected chi connectivity index (χ0v) is 18.1. The van der Waals surface area contributed by atoms with Crippen molar-refractivity contribution in [2.24, 2.45) is 5.73 Å². The molecule has 164 valence electrons. The van der Waals surface area contributed by atoms with Crippen LogP contribution in [0.2, 0.25) is 0 Å². The summed E-state index contributed by atoms with van der Waals surface area (Å²) in [4.78, 5) is 13.5. The molecule has 1 aliphatic rings. The van der Waals surface area contributed by atoms with Gasteiger partial charge in [0.25, 0.3) is 0 Å². The third-order valence-corrected chi connectivity index (χ3v) is 6.08. The number of hydrogen-bond acceptors (Lipinski definition) is 7. The molecule has 0 saturated heterocycles. The van der Waals surface area contributed by atoms with Crippen molar-refractivity contribution in [1.82, 2.24) is 24.6 Å². The van der Waals surface area contributed by atoms with Crippen molar-refractivity contribution < 1.29 is 0 Å². The highest BCUT2D eigenvalue weighted by Crippen LogP contribution is 2.24. The molecule has 0 radical (unpaired) electrons. The van der Waals surface area contributed by atoms with Crippen molar-refractivity contribution in [3.05, 3.63) is 66.6 Å². The molecule has 0 unspecified atom stereocenters. The number of hydrogen-bond donors (Lipinski definition) is 3. The van der Waals surface area contributed by atoms with Gasteiger partial charge in [0.1, 0.15) is 5.82 Å². The van der Waals surface area contributed by atoms with Crippen LogP contribution in [-0.4, -0.2) is 36.6 Å². The minimum atomic E-state index is 0.113. The lowest BCUT2D eigenvalue weighted by Crippen LogP contribution is -2.33. The molecule has 4 N–H and O–H groups in total. The van der Waals surface area contributed by atoms with Crippen LogP contribution >= 0.6 is 0 Å². The summed E-state index contributed by atoms with van der Waals surface area (Å²) in [5.41, 5.74) is 9.73. The van der Waals surface area contributed by atoms with Gasteiger partial charge in [-0.1, -0.05) is 30.3 Å². The van der Waals surface area contributed by atoms with Gasteiger partial charge in [0.15, 0.2) is 5.65 Å². The molecule has 32 heavy (non-hydrogen) atoms. The lowest BCUT2D eigenvalue weighted by molar-refractivity contribution is 0.410. The van der Waals surface area contributed by atoms with Crippen LogP contribution in [0.5, 0.6) is 0 Å². The summed E-state index contributed by atoms with van der Waals surface area (Å²) in [5.74, 6) is 1.43. The Morgan fingerprint density at radius 3 is 2.44 bits per heavy atom. The molecule has 4 aromatic rings. The van der Waals surface area contributed by atoms with Gasteiger partial charge in [0.2, 0.25) is 5.95 Å². The van der Waals surface area contributed by atoms with Gasteiger partial charge in [0, 0.05) is 30.0 Å². The molecule has 0 spiro atoms. The lowest BCUT2D eigenvalue weighted by atomic mass is 9.92. The Bertz CT molecular complexity index is 1160. The normalized spacial score (nSPS) is 19.6. The minimum Gasteiger partial charge on any atom is -0.366 e. The molecule has 0 bridgehead atoms. The molecule has 1 saturated carbocycles. The van der Waals surface area contributed by atoms with Gasteiger partial charge in [-0.25, -0.2) is 19.5 Å². The summed E-state index contributed by atoms with van der Waals surface area (Å²) in [6, 6.07) is 15.1. The molecule has 5 rings (SSSR count). The summed E-state index contributed by atoms with van der Waals surface area (Å²) in [5, 5.41) is 11.7. The molecule has 8 heteroatoms. The molecule has 0 aliphatic heterocycles. The minimum absolute atomic E-state index is 0.113. The second-order valence-corrected chi connectivity index (χ2v) is 8.46. The summed E-state index contributed by atoms with van der Waals surface area (Å²) in [6.45, 7) is 2.09. The Kier molecular flexibility index (Phi) is 5.68. The van der Waals surface area contributed by atoms with Crippen LogP contribution in [0.25, 0.3) is 16.9 Å². The van der Waals surface area contributed by atoms with Crippen molar-refractivity contribution in [2.45, 2.75) is 50.7 Å². The molecular formula is C24H28N8.